The molecule has 5 heteroatoms. The SMILES string of the molecule is COC(=O)c1ccccc1N1CCC(NCC#N)C1. The molecule has 0 saturated carbocycles. The predicted octanol–water partition coefficient (Wildman–Crippen LogP) is 1.17. The van der Waals surface area contributed by atoms with E-state index in [1.54, 1.807) is 6.07 Å². The molecule has 1 aromatic carbocycles. The Bertz CT molecular complexity index is 496. The fourth-order valence-electron chi connectivity index (χ4n) is 2.37. The number of carbonyl (C=O) groups excluding carboxylic acids is 1. The Labute approximate surface area is 112 Å². The van der Waals surface area contributed by atoms with Crippen LogP contribution in [0.25, 0.3) is 0 Å². The fraction of sp³-hybridized carbons (Fsp3) is 0.429. The summed E-state index contributed by atoms with van der Waals surface area (Å²) < 4.78 is 4.80. The Balaban J connectivity index is 2.11. The van der Waals surface area contributed by atoms with Crippen molar-refractivity contribution in [3.8, 4) is 6.07 Å². The second kappa shape index (κ2) is 6.21. The first-order valence-corrected chi connectivity index (χ1v) is 6.29. The topological polar surface area (TPSA) is 65.4 Å². The molecule has 0 bridgehead atoms. The van der Waals surface area contributed by atoms with E-state index in [9.17, 15) is 4.79 Å². The summed E-state index contributed by atoms with van der Waals surface area (Å²) in [6, 6.07) is 9.83. The van der Waals surface area contributed by atoms with Gasteiger partial charge in [-0.1, -0.05) is 12.1 Å². The smallest absolute Gasteiger partial charge is 0.339 e. The summed E-state index contributed by atoms with van der Waals surface area (Å²) >= 11 is 0. The van der Waals surface area contributed by atoms with Gasteiger partial charge in [-0.15, -0.1) is 0 Å². The van der Waals surface area contributed by atoms with Crippen molar-refractivity contribution in [3.05, 3.63) is 29.8 Å². The zero-order valence-electron chi connectivity index (χ0n) is 10.9. The van der Waals surface area contributed by atoms with E-state index in [2.05, 4.69) is 16.3 Å². The van der Waals surface area contributed by atoms with Crippen LogP contribution >= 0.6 is 0 Å². The van der Waals surface area contributed by atoms with Gasteiger partial charge >= 0.3 is 5.97 Å². The molecule has 2 rings (SSSR count). The number of esters is 1. The molecule has 1 aliphatic rings. The standard InChI is InChI=1S/C14H17N3O2/c1-19-14(18)12-4-2-3-5-13(12)17-9-6-11(10-17)16-8-7-15/h2-5,11,16H,6,8-10H2,1H3. The Kier molecular flexibility index (Phi) is 4.37. The predicted molar refractivity (Wildman–Crippen MR) is 72.0 cm³/mol. The number of methoxy groups -OCH3 is 1. The molecule has 0 aromatic heterocycles. The molecule has 5 nitrogen and oxygen atoms in total. The molecular weight excluding hydrogens is 242 g/mol. The number of rotatable bonds is 4. The minimum absolute atomic E-state index is 0.297. The maximum absolute atomic E-state index is 11.7. The van der Waals surface area contributed by atoms with Gasteiger partial charge in [-0.2, -0.15) is 5.26 Å². The van der Waals surface area contributed by atoms with Crippen LogP contribution < -0.4 is 10.2 Å². The Hall–Kier alpha value is -2.06. The number of hydrogen-bond acceptors (Lipinski definition) is 5. The van der Waals surface area contributed by atoms with E-state index in [1.807, 2.05) is 18.2 Å². The van der Waals surface area contributed by atoms with E-state index in [0.29, 0.717) is 18.2 Å². The van der Waals surface area contributed by atoms with E-state index in [1.165, 1.54) is 7.11 Å². The molecule has 0 spiro atoms. The van der Waals surface area contributed by atoms with Crippen LogP contribution in [0.5, 0.6) is 0 Å². The molecule has 1 N–H and O–H groups in total. The van der Waals surface area contributed by atoms with Crippen molar-refractivity contribution in [2.75, 3.05) is 31.6 Å². The lowest BCUT2D eigenvalue weighted by Crippen LogP contribution is -2.33. The number of nitrogens with one attached hydrogen (secondary N) is 1. The van der Waals surface area contributed by atoms with Gasteiger partial charge in [0.25, 0.3) is 0 Å². The van der Waals surface area contributed by atoms with Crippen molar-refractivity contribution >= 4 is 11.7 Å². The fourth-order valence-corrected chi connectivity index (χ4v) is 2.37. The number of para-hydroxylation sites is 1. The van der Waals surface area contributed by atoms with Crippen LogP contribution in [-0.2, 0) is 4.74 Å². The molecule has 1 saturated heterocycles. The maximum Gasteiger partial charge on any atom is 0.339 e. The normalized spacial score (nSPS) is 18.1. The van der Waals surface area contributed by atoms with Crippen molar-refractivity contribution < 1.29 is 9.53 Å². The molecule has 0 radical (unpaired) electrons. The van der Waals surface area contributed by atoms with Crippen LogP contribution in [0.1, 0.15) is 16.8 Å². The summed E-state index contributed by atoms with van der Waals surface area (Å²) in [5.41, 5.74) is 1.49. The number of nitriles is 1. The molecule has 100 valence electrons. The Morgan fingerprint density at radius 3 is 3.11 bits per heavy atom. The van der Waals surface area contributed by atoms with Gasteiger partial charge < -0.3 is 9.64 Å². The highest BCUT2D eigenvalue weighted by atomic mass is 16.5. The van der Waals surface area contributed by atoms with E-state index >= 15 is 0 Å². The van der Waals surface area contributed by atoms with Crippen LogP contribution in [0.2, 0.25) is 0 Å². The molecular formula is C14H17N3O2. The van der Waals surface area contributed by atoms with Crippen molar-refractivity contribution in [2.24, 2.45) is 0 Å². The minimum Gasteiger partial charge on any atom is -0.465 e. The third-order valence-electron chi connectivity index (χ3n) is 3.31. The van der Waals surface area contributed by atoms with Crippen molar-refractivity contribution in [1.82, 2.24) is 5.32 Å². The molecule has 1 unspecified atom stereocenters. The van der Waals surface area contributed by atoms with Crippen molar-refractivity contribution in [2.45, 2.75) is 12.5 Å². The summed E-state index contributed by atoms with van der Waals surface area (Å²) in [4.78, 5) is 13.9. The second-order valence-corrected chi connectivity index (χ2v) is 4.48. The highest BCUT2D eigenvalue weighted by Crippen LogP contribution is 2.25. The molecule has 1 atom stereocenters. The molecule has 1 heterocycles. The summed E-state index contributed by atoms with van der Waals surface area (Å²) in [5.74, 6) is -0.316. The number of nitrogens with zero attached hydrogens (tertiary/aromatic N) is 2. The van der Waals surface area contributed by atoms with Gasteiger partial charge in [0.2, 0.25) is 0 Å². The van der Waals surface area contributed by atoms with E-state index < -0.39 is 0 Å². The van der Waals surface area contributed by atoms with Crippen molar-refractivity contribution in [3.63, 3.8) is 0 Å². The van der Waals surface area contributed by atoms with Crippen LogP contribution in [0.3, 0.4) is 0 Å². The van der Waals surface area contributed by atoms with Crippen molar-refractivity contribution in [1.29, 1.82) is 5.26 Å². The first-order valence-electron chi connectivity index (χ1n) is 6.29. The van der Waals surface area contributed by atoms with E-state index in [4.69, 9.17) is 10.00 Å². The highest BCUT2D eigenvalue weighted by Gasteiger charge is 2.25. The first-order chi connectivity index (χ1) is 9.26. The lowest BCUT2D eigenvalue weighted by atomic mass is 10.1. The monoisotopic (exact) mass is 259 g/mol. The van der Waals surface area contributed by atoms with Gasteiger partial charge in [0.1, 0.15) is 0 Å². The second-order valence-electron chi connectivity index (χ2n) is 4.48. The number of anilines is 1. The van der Waals surface area contributed by atoms with E-state index in [-0.39, 0.29) is 5.97 Å². The summed E-state index contributed by atoms with van der Waals surface area (Å²) in [7, 11) is 1.39. The third-order valence-corrected chi connectivity index (χ3v) is 3.31. The number of benzene rings is 1. The van der Waals surface area contributed by atoms with Gasteiger partial charge in [0, 0.05) is 19.1 Å². The molecule has 1 fully saturated rings. The minimum atomic E-state index is -0.316. The third kappa shape index (κ3) is 3.04. The summed E-state index contributed by atoms with van der Waals surface area (Å²) in [6.45, 7) is 2.03. The average Bonchev–Trinajstić information content (AvgIpc) is 2.93. The Morgan fingerprint density at radius 2 is 2.37 bits per heavy atom. The van der Waals surface area contributed by atoms with Gasteiger partial charge in [0.15, 0.2) is 0 Å². The number of ether oxygens (including phenoxy) is 1. The zero-order chi connectivity index (χ0) is 13.7. The van der Waals surface area contributed by atoms with Crippen LogP contribution in [0, 0.1) is 11.3 Å². The summed E-state index contributed by atoms with van der Waals surface area (Å²) in [5, 5.41) is 11.7. The average molecular weight is 259 g/mol. The highest BCUT2D eigenvalue weighted by molar-refractivity contribution is 5.95. The maximum atomic E-state index is 11.7. The molecule has 0 amide bonds. The van der Waals surface area contributed by atoms with Crippen LogP contribution in [0.4, 0.5) is 5.69 Å². The van der Waals surface area contributed by atoms with Crippen LogP contribution in [0.15, 0.2) is 24.3 Å². The van der Waals surface area contributed by atoms with Gasteiger partial charge in [-0.3, -0.25) is 5.32 Å². The first kappa shape index (κ1) is 13.4. The molecule has 19 heavy (non-hydrogen) atoms. The molecule has 1 aliphatic heterocycles. The van der Waals surface area contributed by atoms with Gasteiger partial charge in [0.05, 0.1) is 31.0 Å². The Morgan fingerprint density at radius 1 is 1.58 bits per heavy atom. The molecule has 0 aliphatic carbocycles. The van der Waals surface area contributed by atoms with Gasteiger partial charge in [-0.05, 0) is 18.6 Å². The van der Waals surface area contributed by atoms with Gasteiger partial charge in [-0.25, -0.2) is 4.79 Å². The lowest BCUT2D eigenvalue weighted by Gasteiger charge is -2.21. The number of carbonyl (C=O) groups is 1. The largest absolute Gasteiger partial charge is 0.465 e. The zero-order valence-corrected chi connectivity index (χ0v) is 10.9. The van der Waals surface area contributed by atoms with Crippen LogP contribution in [-0.4, -0.2) is 38.8 Å². The lowest BCUT2D eigenvalue weighted by molar-refractivity contribution is 0.0601. The number of hydrogen-bond donors (Lipinski definition) is 1. The van der Waals surface area contributed by atoms with E-state index in [0.717, 1.165) is 25.2 Å². The quantitative estimate of drug-likeness (QED) is 0.649. The summed E-state index contributed by atoms with van der Waals surface area (Å²) in [6.07, 6.45) is 0.969. The molecule has 1 aromatic rings.